The molecule has 1 N–H and O–H groups in total. The van der Waals surface area contributed by atoms with Crippen LogP contribution < -0.4 is 14.9 Å². The Morgan fingerprint density at radius 1 is 0.900 bits per heavy atom. The molecular weight excluding hydrogens is 380 g/mol. The van der Waals surface area contributed by atoms with Crippen LogP contribution in [-0.2, 0) is 9.59 Å². The van der Waals surface area contributed by atoms with Gasteiger partial charge in [0.15, 0.2) is 11.5 Å². The molecule has 0 fully saturated rings. The van der Waals surface area contributed by atoms with Crippen molar-refractivity contribution < 1.29 is 19.1 Å². The number of ether oxygens (including phenoxy) is 2. The predicted octanol–water partition coefficient (Wildman–Crippen LogP) is 3.90. The number of carbonyl (C=O) groups is 2. The molecule has 0 aliphatic rings. The number of hydrazone groups is 1. The van der Waals surface area contributed by atoms with Crippen molar-refractivity contribution in [2.45, 2.75) is 12.8 Å². The van der Waals surface area contributed by atoms with E-state index in [0.29, 0.717) is 17.1 Å². The van der Waals surface area contributed by atoms with Crippen LogP contribution in [0.25, 0.3) is 0 Å². The van der Waals surface area contributed by atoms with E-state index in [1.165, 1.54) is 20.2 Å². The summed E-state index contributed by atoms with van der Waals surface area (Å²) in [4.78, 5) is 24.1. The third kappa shape index (κ3) is 5.32. The van der Waals surface area contributed by atoms with Crippen LogP contribution in [0, 0.1) is 0 Å². The Kier molecular flexibility index (Phi) is 6.95. The smallest absolute Gasteiger partial charge is 0.308 e. The first-order chi connectivity index (χ1) is 14.6. The number of nitrogens with one attached hydrogen (secondary N) is 1. The third-order valence-electron chi connectivity index (χ3n) is 4.36. The highest BCUT2D eigenvalue weighted by Crippen LogP contribution is 2.28. The molecule has 0 unspecified atom stereocenters. The van der Waals surface area contributed by atoms with E-state index < -0.39 is 11.9 Å². The fraction of sp³-hybridized carbons (Fsp3) is 0.125. The molecule has 6 heteroatoms. The van der Waals surface area contributed by atoms with Crippen LogP contribution in [0.3, 0.4) is 0 Å². The molecule has 0 aliphatic heterocycles. The number of rotatable bonds is 7. The zero-order valence-electron chi connectivity index (χ0n) is 16.7. The number of amides is 1. The molecule has 0 saturated carbocycles. The van der Waals surface area contributed by atoms with Crippen LogP contribution >= 0.6 is 0 Å². The zero-order valence-corrected chi connectivity index (χ0v) is 16.7. The van der Waals surface area contributed by atoms with Gasteiger partial charge in [-0.1, -0.05) is 60.7 Å². The number of esters is 1. The molecular formula is C24H22N2O4. The van der Waals surface area contributed by atoms with E-state index in [9.17, 15) is 9.59 Å². The van der Waals surface area contributed by atoms with Gasteiger partial charge in [0.25, 0.3) is 5.91 Å². The molecule has 30 heavy (non-hydrogen) atoms. The summed E-state index contributed by atoms with van der Waals surface area (Å²) in [5, 5.41) is 4.09. The summed E-state index contributed by atoms with van der Waals surface area (Å²) in [7, 11) is 1.48. The second kappa shape index (κ2) is 10.0. The predicted molar refractivity (Wildman–Crippen MR) is 115 cm³/mol. The number of hydrogen-bond acceptors (Lipinski definition) is 5. The first-order valence-electron chi connectivity index (χ1n) is 9.37. The number of hydrogen-bond donors (Lipinski definition) is 1. The molecule has 152 valence electrons. The van der Waals surface area contributed by atoms with Gasteiger partial charge in [0.2, 0.25) is 0 Å². The maximum Gasteiger partial charge on any atom is 0.308 e. The molecule has 0 bridgehead atoms. The lowest BCUT2D eigenvalue weighted by molar-refractivity contribution is -0.132. The molecule has 0 saturated heterocycles. The minimum Gasteiger partial charge on any atom is -0.493 e. The van der Waals surface area contributed by atoms with E-state index in [1.807, 2.05) is 60.7 Å². The second-order valence-electron chi connectivity index (χ2n) is 6.49. The van der Waals surface area contributed by atoms with Crippen molar-refractivity contribution >= 4 is 18.1 Å². The van der Waals surface area contributed by atoms with E-state index in [2.05, 4.69) is 10.5 Å². The molecule has 3 rings (SSSR count). The Hall–Kier alpha value is -3.93. The van der Waals surface area contributed by atoms with Gasteiger partial charge in [0.1, 0.15) is 0 Å². The Morgan fingerprint density at radius 2 is 1.50 bits per heavy atom. The Labute approximate surface area is 175 Å². The second-order valence-corrected chi connectivity index (χ2v) is 6.49. The summed E-state index contributed by atoms with van der Waals surface area (Å²) in [6, 6.07) is 24.1. The van der Waals surface area contributed by atoms with Crippen LogP contribution in [0.2, 0.25) is 0 Å². The highest BCUT2D eigenvalue weighted by molar-refractivity contribution is 5.89. The topological polar surface area (TPSA) is 77.0 Å². The molecule has 0 aliphatic carbocycles. The first kappa shape index (κ1) is 20.8. The minimum absolute atomic E-state index is 0.243. The van der Waals surface area contributed by atoms with Gasteiger partial charge in [-0.2, -0.15) is 5.10 Å². The maximum atomic E-state index is 12.9. The van der Waals surface area contributed by atoms with Gasteiger partial charge in [-0.3, -0.25) is 9.59 Å². The Balaban J connectivity index is 1.77. The summed E-state index contributed by atoms with van der Waals surface area (Å²) in [6.45, 7) is 1.32. The zero-order chi connectivity index (χ0) is 21.3. The van der Waals surface area contributed by atoms with Crippen molar-refractivity contribution in [3.05, 3.63) is 95.6 Å². The summed E-state index contributed by atoms with van der Waals surface area (Å²) in [5.41, 5.74) is 5.05. The summed E-state index contributed by atoms with van der Waals surface area (Å²) >= 11 is 0. The standard InChI is InChI=1S/C24H22N2O4/c1-17(27)30-21-14-13-18(15-22(21)29-2)16-25-26-24(28)23(19-9-5-3-6-10-19)20-11-7-4-8-12-20/h3-16,23H,1-2H3,(H,26,28)/b25-16-. The van der Waals surface area contributed by atoms with Crippen LogP contribution in [0.15, 0.2) is 84.0 Å². The van der Waals surface area contributed by atoms with Gasteiger partial charge >= 0.3 is 5.97 Å². The minimum atomic E-state index is -0.481. The Morgan fingerprint density at radius 3 is 2.03 bits per heavy atom. The highest BCUT2D eigenvalue weighted by atomic mass is 16.6. The van der Waals surface area contributed by atoms with Gasteiger partial charge in [-0.15, -0.1) is 0 Å². The van der Waals surface area contributed by atoms with E-state index in [-0.39, 0.29) is 5.91 Å². The van der Waals surface area contributed by atoms with E-state index in [1.54, 1.807) is 18.2 Å². The molecule has 3 aromatic carbocycles. The van der Waals surface area contributed by atoms with Crippen LogP contribution in [-0.4, -0.2) is 25.2 Å². The van der Waals surface area contributed by atoms with Gasteiger partial charge in [0.05, 0.1) is 19.2 Å². The molecule has 0 aromatic heterocycles. The molecule has 1 amide bonds. The van der Waals surface area contributed by atoms with E-state index >= 15 is 0 Å². The number of methoxy groups -OCH3 is 1. The number of carbonyl (C=O) groups excluding carboxylic acids is 2. The number of nitrogens with zero attached hydrogens (tertiary/aromatic N) is 1. The monoisotopic (exact) mass is 402 g/mol. The Bertz CT molecular complexity index is 994. The summed E-state index contributed by atoms with van der Waals surface area (Å²) in [6.07, 6.45) is 1.50. The maximum absolute atomic E-state index is 12.9. The van der Waals surface area contributed by atoms with Crippen molar-refractivity contribution in [2.75, 3.05) is 7.11 Å². The largest absolute Gasteiger partial charge is 0.493 e. The lowest BCUT2D eigenvalue weighted by Crippen LogP contribution is -2.26. The van der Waals surface area contributed by atoms with Crippen molar-refractivity contribution in [1.29, 1.82) is 0 Å². The molecule has 0 atom stereocenters. The molecule has 6 nitrogen and oxygen atoms in total. The lowest BCUT2D eigenvalue weighted by Gasteiger charge is -2.16. The average Bonchev–Trinajstić information content (AvgIpc) is 2.76. The van der Waals surface area contributed by atoms with Gasteiger partial charge in [-0.05, 0) is 34.9 Å². The van der Waals surface area contributed by atoms with E-state index in [0.717, 1.165) is 11.1 Å². The summed E-state index contributed by atoms with van der Waals surface area (Å²) < 4.78 is 10.3. The molecule has 0 heterocycles. The van der Waals surface area contributed by atoms with Crippen molar-refractivity contribution in [1.82, 2.24) is 5.43 Å². The normalized spacial score (nSPS) is 10.8. The van der Waals surface area contributed by atoms with Crippen molar-refractivity contribution in [2.24, 2.45) is 5.10 Å². The lowest BCUT2D eigenvalue weighted by atomic mass is 9.91. The third-order valence-corrected chi connectivity index (χ3v) is 4.36. The quantitative estimate of drug-likeness (QED) is 0.281. The van der Waals surface area contributed by atoms with Gasteiger partial charge in [-0.25, -0.2) is 5.43 Å². The summed E-state index contributed by atoms with van der Waals surface area (Å²) in [5.74, 6) is -0.446. The first-order valence-corrected chi connectivity index (χ1v) is 9.37. The van der Waals surface area contributed by atoms with Gasteiger partial charge < -0.3 is 9.47 Å². The van der Waals surface area contributed by atoms with E-state index in [4.69, 9.17) is 9.47 Å². The van der Waals surface area contributed by atoms with Crippen LogP contribution in [0.1, 0.15) is 29.5 Å². The SMILES string of the molecule is COc1cc(/C=N\NC(=O)C(c2ccccc2)c2ccccc2)ccc1OC(C)=O. The van der Waals surface area contributed by atoms with Gasteiger partial charge in [0, 0.05) is 6.92 Å². The fourth-order valence-corrected chi connectivity index (χ4v) is 3.02. The molecule has 0 spiro atoms. The van der Waals surface area contributed by atoms with Crippen LogP contribution in [0.5, 0.6) is 11.5 Å². The average molecular weight is 402 g/mol. The number of benzene rings is 3. The van der Waals surface area contributed by atoms with Crippen molar-refractivity contribution in [3.8, 4) is 11.5 Å². The fourth-order valence-electron chi connectivity index (χ4n) is 3.02. The molecule has 0 radical (unpaired) electrons. The highest BCUT2D eigenvalue weighted by Gasteiger charge is 2.22. The van der Waals surface area contributed by atoms with Crippen molar-refractivity contribution in [3.63, 3.8) is 0 Å². The van der Waals surface area contributed by atoms with Crippen LogP contribution in [0.4, 0.5) is 0 Å². The molecule has 3 aromatic rings.